The van der Waals surface area contributed by atoms with Gasteiger partial charge in [-0.2, -0.15) is 0 Å². The number of hydrogen-bond donors (Lipinski definition) is 1. The number of piperidine rings is 1. The van der Waals surface area contributed by atoms with Crippen LogP contribution in [0.25, 0.3) is 11.0 Å². The van der Waals surface area contributed by atoms with E-state index in [0.717, 1.165) is 53.6 Å². The van der Waals surface area contributed by atoms with Crippen LogP contribution in [0.5, 0.6) is 0 Å². The molecule has 1 N–H and O–H groups in total. The smallest absolute Gasteiger partial charge is 0.287 e. The zero-order chi connectivity index (χ0) is 18.0. The van der Waals surface area contributed by atoms with Gasteiger partial charge in [0, 0.05) is 30.1 Å². The largest absolute Gasteiger partial charge is 0.450 e. The first kappa shape index (κ1) is 18.0. The second-order valence-corrected chi connectivity index (χ2v) is 7.40. The number of fused-ring (bicyclic) bond motifs is 1. The summed E-state index contributed by atoms with van der Waals surface area (Å²) in [6.45, 7) is 11.6. The van der Waals surface area contributed by atoms with Crippen LogP contribution in [0.3, 0.4) is 0 Å². The van der Waals surface area contributed by atoms with Gasteiger partial charge in [0.25, 0.3) is 5.91 Å². The average molecular weight is 342 g/mol. The molecule has 0 saturated carbocycles. The lowest BCUT2D eigenvalue weighted by Gasteiger charge is -2.32. The molecule has 1 saturated heterocycles. The van der Waals surface area contributed by atoms with E-state index in [4.69, 9.17) is 4.42 Å². The number of likely N-dealkylation sites (tertiary alicyclic amines) is 1. The lowest BCUT2D eigenvalue weighted by molar-refractivity contribution is 0.0884. The van der Waals surface area contributed by atoms with Crippen molar-refractivity contribution in [3.8, 4) is 0 Å². The molecule has 1 fully saturated rings. The van der Waals surface area contributed by atoms with Crippen LogP contribution >= 0.6 is 0 Å². The van der Waals surface area contributed by atoms with E-state index < -0.39 is 0 Å². The summed E-state index contributed by atoms with van der Waals surface area (Å²) in [6.07, 6.45) is 4.54. The van der Waals surface area contributed by atoms with Crippen molar-refractivity contribution in [1.82, 2.24) is 10.2 Å². The van der Waals surface area contributed by atoms with Gasteiger partial charge >= 0.3 is 0 Å². The second-order valence-electron chi connectivity index (χ2n) is 7.40. The molecule has 3 rings (SSSR count). The minimum atomic E-state index is -0.0699. The molecule has 0 radical (unpaired) electrons. The summed E-state index contributed by atoms with van der Waals surface area (Å²) in [6, 6.07) is 4.39. The van der Waals surface area contributed by atoms with Crippen LogP contribution in [0.1, 0.15) is 59.9 Å². The highest BCUT2D eigenvalue weighted by Crippen LogP contribution is 2.30. The predicted octanol–water partition coefficient (Wildman–Crippen LogP) is 4.35. The number of nitrogens with one attached hydrogen (secondary N) is 1. The number of furan rings is 1. The van der Waals surface area contributed by atoms with Gasteiger partial charge in [-0.1, -0.05) is 25.5 Å². The van der Waals surface area contributed by atoms with E-state index >= 15 is 0 Å². The number of aryl methyl sites for hydroxylation is 3. The zero-order valence-corrected chi connectivity index (χ0v) is 15.9. The first-order valence-corrected chi connectivity index (χ1v) is 9.53. The minimum absolute atomic E-state index is 0.0699. The van der Waals surface area contributed by atoms with Gasteiger partial charge in [-0.25, -0.2) is 0 Å². The van der Waals surface area contributed by atoms with Crippen molar-refractivity contribution in [1.29, 1.82) is 0 Å². The fourth-order valence-electron chi connectivity index (χ4n) is 3.83. The van der Waals surface area contributed by atoms with E-state index in [1.807, 2.05) is 19.9 Å². The molecule has 0 spiro atoms. The SMILES string of the molecule is CCCCN1CCC(NC(=O)c2oc3c(C)ccc(C)c3c2C)CC1. The average Bonchev–Trinajstić information content (AvgIpc) is 2.96. The van der Waals surface area contributed by atoms with Gasteiger partial charge in [0.15, 0.2) is 5.76 Å². The van der Waals surface area contributed by atoms with E-state index in [0.29, 0.717) is 5.76 Å². The lowest BCUT2D eigenvalue weighted by atomic mass is 10.0. The van der Waals surface area contributed by atoms with Crippen molar-refractivity contribution in [2.45, 2.75) is 59.4 Å². The van der Waals surface area contributed by atoms with Crippen molar-refractivity contribution < 1.29 is 9.21 Å². The summed E-state index contributed by atoms with van der Waals surface area (Å²) in [5, 5.41) is 4.28. The van der Waals surface area contributed by atoms with Gasteiger partial charge in [-0.05, 0) is 57.7 Å². The molecule has 1 aromatic heterocycles. The highest BCUT2D eigenvalue weighted by Gasteiger charge is 2.24. The maximum absolute atomic E-state index is 12.8. The van der Waals surface area contributed by atoms with Crippen LogP contribution < -0.4 is 5.32 Å². The van der Waals surface area contributed by atoms with Crippen LogP contribution in [0.2, 0.25) is 0 Å². The Bertz CT molecular complexity index is 755. The first-order valence-electron chi connectivity index (χ1n) is 9.53. The van der Waals surface area contributed by atoms with Gasteiger partial charge in [0.05, 0.1) is 0 Å². The molecule has 0 unspecified atom stereocenters. The molecule has 1 aromatic carbocycles. The molecule has 25 heavy (non-hydrogen) atoms. The third-order valence-electron chi connectivity index (χ3n) is 5.44. The Balaban J connectivity index is 1.68. The highest BCUT2D eigenvalue weighted by atomic mass is 16.3. The predicted molar refractivity (Wildman–Crippen MR) is 102 cm³/mol. The van der Waals surface area contributed by atoms with Crippen LogP contribution in [-0.4, -0.2) is 36.5 Å². The number of carbonyl (C=O) groups excluding carboxylic acids is 1. The van der Waals surface area contributed by atoms with Crippen molar-refractivity contribution in [2.75, 3.05) is 19.6 Å². The number of hydrogen-bond acceptors (Lipinski definition) is 3. The summed E-state index contributed by atoms with van der Waals surface area (Å²) in [5.74, 6) is 0.403. The van der Waals surface area contributed by atoms with Crippen molar-refractivity contribution >= 4 is 16.9 Å². The molecule has 4 nitrogen and oxygen atoms in total. The van der Waals surface area contributed by atoms with E-state index in [-0.39, 0.29) is 11.9 Å². The molecule has 0 atom stereocenters. The maximum Gasteiger partial charge on any atom is 0.287 e. The van der Waals surface area contributed by atoms with Gasteiger partial charge < -0.3 is 14.6 Å². The number of nitrogens with zero attached hydrogens (tertiary/aromatic N) is 1. The van der Waals surface area contributed by atoms with Gasteiger partial charge in [0.1, 0.15) is 5.58 Å². The monoisotopic (exact) mass is 342 g/mol. The Labute approximate surface area is 150 Å². The van der Waals surface area contributed by atoms with E-state index in [1.54, 1.807) is 0 Å². The first-order chi connectivity index (χ1) is 12.0. The Hall–Kier alpha value is -1.81. The molecule has 0 aliphatic carbocycles. The van der Waals surface area contributed by atoms with Crippen molar-refractivity contribution in [3.05, 3.63) is 34.6 Å². The zero-order valence-electron chi connectivity index (χ0n) is 15.9. The fraction of sp³-hybridized carbons (Fsp3) is 0.571. The Morgan fingerprint density at radius 1 is 1.20 bits per heavy atom. The summed E-state index contributed by atoms with van der Waals surface area (Å²) in [7, 11) is 0. The molecule has 1 amide bonds. The number of amides is 1. The summed E-state index contributed by atoms with van der Waals surface area (Å²) in [4.78, 5) is 15.3. The third kappa shape index (κ3) is 3.74. The van der Waals surface area contributed by atoms with Crippen LogP contribution in [0.15, 0.2) is 16.5 Å². The van der Waals surface area contributed by atoms with Crippen molar-refractivity contribution in [3.63, 3.8) is 0 Å². The van der Waals surface area contributed by atoms with Gasteiger partial charge in [-0.15, -0.1) is 0 Å². The van der Waals surface area contributed by atoms with E-state index in [2.05, 4.69) is 30.1 Å². The van der Waals surface area contributed by atoms with Crippen LogP contribution in [0, 0.1) is 20.8 Å². The van der Waals surface area contributed by atoms with Gasteiger partial charge in [0.2, 0.25) is 0 Å². The number of rotatable bonds is 5. The topological polar surface area (TPSA) is 45.5 Å². The Kier molecular flexibility index (Phi) is 5.48. The molecule has 2 aromatic rings. The molecular formula is C21H30N2O2. The normalized spacial score (nSPS) is 16.5. The minimum Gasteiger partial charge on any atom is -0.450 e. The Morgan fingerprint density at radius 2 is 1.88 bits per heavy atom. The summed E-state index contributed by atoms with van der Waals surface area (Å²) in [5.41, 5.74) is 4.03. The van der Waals surface area contributed by atoms with Crippen LogP contribution in [-0.2, 0) is 0 Å². The lowest BCUT2D eigenvalue weighted by Crippen LogP contribution is -2.44. The van der Waals surface area contributed by atoms with Crippen molar-refractivity contribution in [2.24, 2.45) is 0 Å². The van der Waals surface area contributed by atoms with Gasteiger partial charge in [-0.3, -0.25) is 4.79 Å². The summed E-state index contributed by atoms with van der Waals surface area (Å²) < 4.78 is 5.97. The quantitative estimate of drug-likeness (QED) is 0.878. The summed E-state index contributed by atoms with van der Waals surface area (Å²) >= 11 is 0. The second kappa shape index (κ2) is 7.61. The molecule has 0 bridgehead atoms. The third-order valence-corrected chi connectivity index (χ3v) is 5.44. The molecule has 4 heteroatoms. The Morgan fingerprint density at radius 3 is 2.52 bits per heavy atom. The molecule has 136 valence electrons. The number of unbranched alkanes of at least 4 members (excludes halogenated alkanes) is 1. The van der Waals surface area contributed by atoms with E-state index in [9.17, 15) is 4.79 Å². The van der Waals surface area contributed by atoms with E-state index in [1.165, 1.54) is 19.4 Å². The molecule has 1 aliphatic rings. The fourth-order valence-corrected chi connectivity index (χ4v) is 3.83. The number of benzene rings is 1. The molecule has 1 aliphatic heterocycles. The standard InChI is InChI=1S/C21H30N2O2/c1-5-6-11-23-12-9-17(10-13-23)22-21(24)20-16(4)18-14(2)7-8-15(3)19(18)25-20/h7-8,17H,5-6,9-13H2,1-4H3,(H,22,24). The maximum atomic E-state index is 12.8. The highest BCUT2D eigenvalue weighted by molar-refractivity contribution is 6.00. The van der Waals surface area contributed by atoms with Crippen LogP contribution in [0.4, 0.5) is 0 Å². The molecule has 2 heterocycles. The number of carbonyl (C=O) groups is 1. The molecular weight excluding hydrogens is 312 g/mol.